The molecule has 0 saturated heterocycles. The molecule has 0 aliphatic heterocycles. The summed E-state index contributed by atoms with van der Waals surface area (Å²) in [4.78, 5) is 15.7. The number of benzene rings is 1. The van der Waals surface area contributed by atoms with Crippen LogP contribution in [-0.2, 0) is 10.5 Å². The molecule has 1 aromatic carbocycles. The van der Waals surface area contributed by atoms with Gasteiger partial charge in [-0.1, -0.05) is 37.7 Å². The fourth-order valence-corrected chi connectivity index (χ4v) is 2.04. The van der Waals surface area contributed by atoms with Gasteiger partial charge in [0.05, 0.1) is 12.7 Å². The first-order valence-electron chi connectivity index (χ1n) is 6.13. The quantitative estimate of drug-likeness (QED) is 0.511. The van der Waals surface area contributed by atoms with E-state index < -0.39 is 0 Å². The summed E-state index contributed by atoms with van der Waals surface area (Å²) in [5, 5.41) is 0.581. The third kappa shape index (κ3) is 5.79. The molecule has 0 spiro atoms. The predicted molar refractivity (Wildman–Crippen MR) is 80.4 cm³/mol. The molecular weight excluding hydrogens is 260 g/mol. The molecule has 0 fully saturated rings. The maximum absolute atomic E-state index is 11.4. The molecule has 0 bridgehead atoms. The van der Waals surface area contributed by atoms with Crippen molar-refractivity contribution in [2.45, 2.75) is 19.6 Å². The summed E-state index contributed by atoms with van der Waals surface area (Å²) in [6, 6.07) is 7.34. The number of carbonyl (C=O) groups is 1. The lowest BCUT2D eigenvalue weighted by molar-refractivity contribution is 0.0600. The monoisotopic (exact) mass is 280 g/mol. The van der Waals surface area contributed by atoms with Crippen molar-refractivity contribution >= 4 is 22.9 Å². The highest BCUT2D eigenvalue weighted by Gasteiger charge is 2.06. The molecule has 5 heteroatoms. The molecule has 4 nitrogen and oxygen atoms in total. The Hall–Kier alpha value is -1.49. The van der Waals surface area contributed by atoms with Crippen LogP contribution >= 0.6 is 11.8 Å². The number of nitrogens with zero attached hydrogens (tertiary/aromatic N) is 1. The first-order chi connectivity index (χ1) is 9.02. The average Bonchev–Trinajstić information content (AvgIpc) is 2.42. The van der Waals surface area contributed by atoms with Crippen molar-refractivity contribution in [2.24, 2.45) is 16.6 Å². The third-order valence-electron chi connectivity index (χ3n) is 2.35. The minimum Gasteiger partial charge on any atom is -0.465 e. The maximum atomic E-state index is 11.4. The molecule has 1 rings (SSSR count). The minimum absolute atomic E-state index is 0.326. The second-order valence-electron chi connectivity index (χ2n) is 4.55. The minimum atomic E-state index is -0.326. The number of esters is 1. The molecule has 0 saturated carbocycles. The van der Waals surface area contributed by atoms with Crippen molar-refractivity contribution in [3.63, 3.8) is 0 Å². The van der Waals surface area contributed by atoms with Gasteiger partial charge >= 0.3 is 5.97 Å². The highest BCUT2D eigenvalue weighted by Crippen LogP contribution is 2.14. The Labute approximate surface area is 118 Å². The number of amidine groups is 1. The highest BCUT2D eigenvalue weighted by molar-refractivity contribution is 8.13. The van der Waals surface area contributed by atoms with Gasteiger partial charge in [-0.25, -0.2) is 4.79 Å². The summed E-state index contributed by atoms with van der Waals surface area (Å²) in [6.45, 7) is 4.93. The van der Waals surface area contributed by atoms with Crippen molar-refractivity contribution in [2.75, 3.05) is 13.7 Å². The molecule has 0 heterocycles. The fraction of sp³-hybridized carbons (Fsp3) is 0.429. The molecule has 0 atom stereocenters. The first-order valence-corrected chi connectivity index (χ1v) is 7.11. The molecule has 19 heavy (non-hydrogen) atoms. The van der Waals surface area contributed by atoms with Crippen LogP contribution in [0, 0.1) is 5.92 Å². The summed E-state index contributed by atoms with van der Waals surface area (Å²) in [7, 11) is 1.38. The fourth-order valence-electron chi connectivity index (χ4n) is 1.38. The van der Waals surface area contributed by atoms with Crippen molar-refractivity contribution < 1.29 is 9.53 Å². The number of aliphatic imine (C=N–C) groups is 1. The van der Waals surface area contributed by atoms with Crippen molar-refractivity contribution in [3.8, 4) is 0 Å². The van der Waals surface area contributed by atoms with Crippen LogP contribution in [0.25, 0.3) is 0 Å². The number of hydrogen-bond donors (Lipinski definition) is 1. The smallest absolute Gasteiger partial charge is 0.337 e. The van der Waals surface area contributed by atoms with Gasteiger partial charge < -0.3 is 10.5 Å². The number of thioether (sulfide) groups is 1. The lowest BCUT2D eigenvalue weighted by Gasteiger charge is -2.05. The highest BCUT2D eigenvalue weighted by atomic mass is 32.2. The number of nitrogens with two attached hydrogens (primary N) is 1. The first kappa shape index (κ1) is 15.6. The van der Waals surface area contributed by atoms with Crippen LogP contribution in [0.15, 0.2) is 29.3 Å². The van der Waals surface area contributed by atoms with Gasteiger partial charge in [0.1, 0.15) is 0 Å². The van der Waals surface area contributed by atoms with Gasteiger partial charge in [-0.05, 0) is 23.6 Å². The number of ether oxygens (including phenoxy) is 1. The van der Waals surface area contributed by atoms with E-state index in [-0.39, 0.29) is 5.97 Å². The Morgan fingerprint density at radius 2 is 2.21 bits per heavy atom. The van der Waals surface area contributed by atoms with Crippen molar-refractivity contribution in [3.05, 3.63) is 35.4 Å². The average molecular weight is 280 g/mol. The zero-order valence-corrected chi connectivity index (χ0v) is 12.4. The molecule has 1 aromatic rings. The Balaban J connectivity index is 2.58. The molecule has 0 amide bonds. The standard InChI is InChI=1S/C14H20N2O2S/c1-10(2)8-16-14(15)19-9-11-5-4-6-12(7-11)13(17)18-3/h4-7,10H,8-9H2,1-3H3,(H2,15,16). The Bertz CT molecular complexity index is 459. The lowest BCUT2D eigenvalue weighted by atomic mass is 10.1. The van der Waals surface area contributed by atoms with Crippen LogP contribution < -0.4 is 5.73 Å². The summed E-state index contributed by atoms with van der Waals surface area (Å²) in [6.07, 6.45) is 0. The van der Waals surface area contributed by atoms with E-state index in [4.69, 9.17) is 5.73 Å². The summed E-state index contributed by atoms with van der Waals surface area (Å²) in [5.74, 6) is 0.869. The van der Waals surface area contributed by atoms with Crippen LogP contribution in [0.1, 0.15) is 29.8 Å². The van der Waals surface area contributed by atoms with E-state index in [2.05, 4.69) is 23.6 Å². The predicted octanol–water partition coefficient (Wildman–Crippen LogP) is 2.68. The van der Waals surface area contributed by atoms with Gasteiger partial charge in [0.25, 0.3) is 0 Å². The Kier molecular flexibility index (Phi) is 6.42. The van der Waals surface area contributed by atoms with Gasteiger partial charge in [-0.15, -0.1) is 0 Å². The topological polar surface area (TPSA) is 64.7 Å². The molecule has 0 unspecified atom stereocenters. The Morgan fingerprint density at radius 1 is 1.47 bits per heavy atom. The summed E-state index contributed by atoms with van der Waals surface area (Å²) < 4.78 is 4.69. The number of rotatable bonds is 5. The zero-order valence-electron chi connectivity index (χ0n) is 11.6. The van der Waals surface area contributed by atoms with E-state index >= 15 is 0 Å². The van der Waals surface area contributed by atoms with Crippen LogP contribution in [0.3, 0.4) is 0 Å². The van der Waals surface area contributed by atoms with Crippen LogP contribution in [0.4, 0.5) is 0 Å². The van der Waals surface area contributed by atoms with Gasteiger partial charge in [-0.2, -0.15) is 0 Å². The largest absolute Gasteiger partial charge is 0.465 e. The van der Waals surface area contributed by atoms with Crippen LogP contribution in [0.2, 0.25) is 0 Å². The van der Waals surface area contributed by atoms with Crippen molar-refractivity contribution in [1.82, 2.24) is 0 Å². The van der Waals surface area contributed by atoms with E-state index in [0.717, 1.165) is 12.1 Å². The van der Waals surface area contributed by atoms with Gasteiger partial charge in [-0.3, -0.25) is 4.99 Å². The second kappa shape index (κ2) is 7.84. The lowest BCUT2D eigenvalue weighted by Crippen LogP contribution is -2.09. The van der Waals surface area contributed by atoms with E-state index in [0.29, 0.717) is 22.4 Å². The number of carbonyl (C=O) groups excluding carboxylic acids is 1. The Morgan fingerprint density at radius 3 is 2.84 bits per heavy atom. The van der Waals surface area contributed by atoms with Crippen molar-refractivity contribution in [1.29, 1.82) is 0 Å². The van der Waals surface area contributed by atoms with E-state index in [1.54, 1.807) is 6.07 Å². The number of methoxy groups -OCH3 is 1. The molecule has 0 aliphatic rings. The van der Waals surface area contributed by atoms with Crippen LogP contribution in [0.5, 0.6) is 0 Å². The molecule has 0 radical (unpaired) electrons. The molecule has 2 N–H and O–H groups in total. The normalized spacial score (nSPS) is 11.7. The molecule has 0 aliphatic carbocycles. The van der Waals surface area contributed by atoms with E-state index in [1.807, 2.05) is 18.2 Å². The molecule has 0 aromatic heterocycles. The van der Waals surface area contributed by atoms with Crippen LogP contribution in [-0.4, -0.2) is 24.8 Å². The maximum Gasteiger partial charge on any atom is 0.337 e. The summed E-state index contributed by atoms with van der Waals surface area (Å²) in [5.41, 5.74) is 7.39. The zero-order chi connectivity index (χ0) is 14.3. The van der Waals surface area contributed by atoms with Gasteiger partial charge in [0.2, 0.25) is 0 Å². The second-order valence-corrected chi connectivity index (χ2v) is 5.55. The van der Waals surface area contributed by atoms with Gasteiger partial charge in [0, 0.05) is 12.3 Å². The molecule has 104 valence electrons. The molecular formula is C14H20N2O2S. The summed E-state index contributed by atoms with van der Waals surface area (Å²) >= 11 is 1.48. The third-order valence-corrected chi connectivity index (χ3v) is 3.25. The van der Waals surface area contributed by atoms with E-state index in [1.165, 1.54) is 18.9 Å². The van der Waals surface area contributed by atoms with E-state index in [9.17, 15) is 4.79 Å². The van der Waals surface area contributed by atoms with Gasteiger partial charge in [0.15, 0.2) is 5.17 Å². The number of hydrogen-bond acceptors (Lipinski definition) is 4. The SMILES string of the molecule is COC(=O)c1cccc(CSC(N)=NCC(C)C)c1.